The number of nitrogens with two attached hydrogens (primary N) is 1. The van der Waals surface area contributed by atoms with Crippen molar-refractivity contribution in [2.24, 2.45) is 5.73 Å². The van der Waals surface area contributed by atoms with Gasteiger partial charge in [-0.2, -0.15) is 0 Å². The number of nitrogens with zero attached hydrogens (tertiary/aromatic N) is 1. The van der Waals surface area contributed by atoms with Gasteiger partial charge in [0.15, 0.2) is 0 Å². The fraction of sp³-hybridized carbons (Fsp3) is 0.333. The Hall–Kier alpha value is -1.88. The van der Waals surface area contributed by atoms with Gasteiger partial charge in [-0.25, -0.2) is 4.98 Å². The van der Waals surface area contributed by atoms with Crippen LogP contribution in [0, 0.1) is 0 Å². The summed E-state index contributed by atoms with van der Waals surface area (Å²) >= 11 is 0. The summed E-state index contributed by atoms with van der Waals surface area (Å²) < 4.78 is 5.11. The Kier molecular flexibility index (Phi) is 3.10. The van der Waals surface area contributed by atoms with E-state index in [2.05, 4.69) is 9.97 Å². The van der Waals surface area contributed by atoms with Crippen molar-refractivity contribution in [3.05, 3.63) is 34.4 Å². The van der Waals surface area contributed by atoms with E-state index in [4.69, 9.17) is 10.5 Å². The highest BCUT2D eigenvalue weighted by atomic mass is 16.5. The Labute approximate surface area is 98.6 Å². The first kappa shape index (κ1) is 11.6. The lowest BCUT2D eigenvalue weighted by Crippen LogP contribution is -2.22. The van der Waals surface area contributed by atoms with Crippen LogP contribution in [0.15, 0.2) is 23.0 Å². The van der Waals surface area contributed by atoms with Gasteiger partial charge in [0.2, 0.25) is 0 Å². The summed E-state index contributed by atoms with van der Waals surface area (Å²) in [6.07, 6.45) is 0.544. The molecule has 0 aliphatic heterocycles. The maximum Gasteiger partial charge on any atom is 0.258 e. The van der Waals surface area contributed by atoms with Crippen molar-refractivity contribution in [2.75, 3.05) is 7.11 Å². The van der Waals surface area contributed by atoms with Gasteiger partial charge in [0, 0.05) is 18.5 Å². The number of aromatic nitrogens is 2. The van der Waals surface area contributed by atoms with Crippen LogP contribution in [0.25, 0.3) is 10.9 Å². The van der Waals surface area contributed by atoms with Crippen LogP contribution in [0.3, 0.4) is 0 Å². The summed E-state index contributed by atoms with van der Waals surface area (Å²) in [7, 11) is 1.58. The Balaban J connectivity index is 2.57. The smallest absolute Gasteiger partial charge is 0.258 e. The lowest BCUT2D eigenvalue weighted by Gasteiger charge is -2.06. The second-order valence-corrected chi connectivity index (χ2v) is 4.08. The number of hydrogen-bond acceptors (Lipinski definition) is 4. The van der Waals surface area contributed by atoms with Crippen LogP contribution in [0.1, 0.15) is 12.7 Å². The Bertz CT molecular complexity index is 590. The first-order valence-electron chi connectivity index (χ1n) is 5.42. The number of hydrogen-bond donors (Lipinski definition) is 2. The third-order valence-electron chi connectivity index (χ3n) is 2.48. The summed E-state index contributed by atoms with van der Waals surface area (Å²) in [6, 6.07) is 5.15. The standard InChI is InChI=1S/C12H15N3O2/c1-7(13)5-11-14-10-6-8(17-2)3-4-9(10)12(16)15-11/h3-4,6-7H,5,13H2,1-2H3,(H,14,15,16). The molecule has 0 amide bonds. The molecule has 1 aromatic carbocycles. The van der Waals surface area contributed by atoms with Gasteiger partial charge in [-0.1, -0.05) is 0 Å². The van der Waals surface area contributed by atoms with Gasteiger partial charge in [0.05, 0.1) is 18.0 Å². The highest BCUT2D eigenvalue weighted by molar-refractivity contribution is 5.78. The minimum Gasteiger partial charge on any atom is -0.497 e. The molecule has 0 aliphatic carbocycles. The summed E-state index contributed by atoms with van der Waals surface area (Å²) in [5, 5.41) is 0.555. The number of aromatic amines is 1. The molecule has 5 heteroatoms. The third kappa shape index (κ3) is 2.45. The monoisotopic (exact) mass is 233 g/mol. The average Bonchev–Trinajstić information content (AvgIpc) is 2.27. The summed E-state index contributed by atoms with van der Waals surface area (Å²) in [4.78, 5) is 18.9. The van der Waals surface area contributed by atoms with Gasteiger partial charge in [0.25, 0.3) is 5.56 Å². The van der Waals surface area contributed by atoms with Crippen LogP contribution in [0.5, 0.6) is 5.75 Å². The fourth-order valence-electron chi connectivity index (χ4n) is 1.70. The minimum atomic E-state index is -0.145. The molecule has 0 spiro atoms. The molecule has 0 saturated carbocycles. The molecular formula is C12H15N3O2. The quantitative estimate of drug-likeness (QED) is 0.822. The topological polar surface area (TPSA) is 81.0 Å². The normalized spacial score (nSPS) is 12.6. The molecule has 0 aliphatic rings. The molecule has 0 saturated heterocycles. The molecule has 17 heavy (non-hydrogen) atoms. The number of ether oxygens (including phenoxy) is 1. The predicted octanol–water partition coefficient (Wildman–Crippen LogP) is 0.821. The highest BCUT2D eigenvalue weighted by Gasteiger charge is 2.06. The molecule has 2 rings (SSSR count). The summed E-state index contributed by atoms with van der Waals surface area (Å²) in [5.41, 5.74) is 6.17. The Morgan fingerprint density at radius 2 is 2.29 bits per heavy atom. The van der Waals surface area contributed by atoms with E-state index in [0.717, 1.165) is 0 Å². The van der Waals surface area contributed by atoms with Gasteiger partial charge in [0.1, 0.15) is 11.6 Å². The molecule has 0 radical (unpaired) electrons. The van der Waals surface area contributed by atoms with E-state index in [1.807, 2.05) is 6.92 Å². The number of fused-ring (bicyclic) bond motifs is 1. The van der Waals surface area contributed by atoms with Gasteiger partial charge in [-0.3, -0.25) is 4.79 Å². The fourth-order valence-corrected chi connectivity index (χ4v) is 1.70. The molecule has 2 aromatic rings. The first-order chi connectivity index (χ1) is 8.10. The molecule has 1 aromatic heterocycles. The number of nitrogens with one attached hydrogen (secondary N) is 1. The van der Waals surface area contributed by atoms with Crippen LogP contribution in [-0.2, 0) is 6.42 Å². The summed E-state index contributed by atoms with van der Waals surface area (Å²) in [5.74, 6) is 1.29. The molecular weight excluding hydrogens is 218 g/mol. The molecule has 90 valence electrons. The van der Waals surface area contributed by atoms with Gasteiger partial charge < -0.3 is 15.5 Å². The van der Waals surface area contributed by atoms with Crippen molar-refractivity contribution in [1.82, 2.24) is 9.97 Å². The first-order valence-corrected chi connectivity index (χ1v) is 5.42. The second kappa shape index (κ2) is 4.55. The van der Waals surface area contributed by atoms with E-state index in [1.165, 1.54) is 0 Å². The number of H-pyrrole nitrogens is 1. The van der Waals surface area contributed by atoms with Crippen molar-refractivity contribution in [3.8, 4) is 5.75 Å². The predicted molar refractivity (Wildman–Crippen MR) is 66.3 cm³/mol. The molecule has 1 unspecified atom stereocenters. The maximum atomic E-state index is 11.8. The Morgan fingerprint density at radius 3 is 2.94 bits per heavy atom. The molecule has 3 N–H and O–H groups in total. The maximum absolute atomic E-state index is 11.8. The number of benzene rings is 1. The van der Waals surface area contributed by atoms with Crippen LogP contribution >= 0.6 is 0 Å². The van der Waals surface area contributed by atoms with E-state index in [-0.39, 0.29) is 11.6 Å². The third-order valence-corrected chi connectivity index (χ3v) is 2.48. The van der Waals surface area contributed by atoms with E-state index < -0.39 is 0 Å². The zero-order valence-electron chi connectivity index (χ0n) is 9.86. The van der Waals surface area contributed by atoms with Crippen molar-refractivity contribution in [2.45, 2.75) is 19.4 Å². The SMILES string of the molecule is COc1ccc2c(=O)[nH]c(CC(C)N)nc2c1. The van der Waals surface area contributed by atoms with Crippen LogP contribution in [-0.4, -0.2) is 23.1 Å². The molecule has 0 fully saturated rings. The zero-order chi connectivity index (χ0) is 12.4. The van der Waals surface area contributed by atoms with Gasteiger partial charge in [-0.15, -0.1) is 0 Å². The van der Waals surface area contributed by atoms with Gasteiger partial charge in [-0.05, 0) is 19.1 Å². The van der Waals surface area contributed by atoms with Crippen molar-refractivity contribution >= 4 is 10.9 Å². The van der Waals surface area contributed by atoms with Crippen molar-refractivity contribution in [3.63, 3.8) is 0 Å². The van der Waals surface area contributed by atoms with Crippen molar-refractivity contribution < 1.29 is 4.74 Å². The van der Waals surface area contributed by atoms with Crippen LogP contribution in [0.2, 0.25) is 0 Å². The van der Waals surface area contributed by atoms with E-state index in [9.17, 15) is 4.79 Å². The zero-order valence-corrected chi connectivity index (χ0v) is 9.86. The second-order valence-electron chi connectivity index (χ2n) is 4.08. The number of rotatable bonds is 3. The highest BCUT2D eigenvalue weighted by Crippen LogP contribution is 2.16. The number of methoxy groups -OCH3 is 1. The minimum absolute atomic E-state index is 0.0405. The van der Waals surface area contributed by atoms with Crippen molar-refractivity contribution in [1.29, 1.82) is 0 Å². The average molecular weight is 233 g/mol. The van der Waals surface area contributed by atoms with E-state index >= 15 is 0 Å². The largest absolute Gasteiger partial charge is 0.497 e. The summed E-state index contributed by atoms with van der Waals surface area (Å²) in [6.45, 7) is 1.87. The molecule has 5 nitrogen and oxygen atoms in total. The molecule has 1 heterocycles. The van der Waals surface area contributed by atoms with E-state index in [1.54, 1.807) is 25.3 Å². The Morgan fingerprint density at radius 1 is 1.53 bits per heavy atom. The van der Waals surface area contributed by atoms with Gasteiger partial charge >= 0.3 is 0 Å². The molecule has 0 bridgehead atoms. The van der Waals surface area contributed by atoms with Crippen LogP contribution < -0.4 is 16.0 Å². The lowest BCUT2D eigenvalue weighted by molar-refractivity contribution is 0.415. The molecule has 1 atom stereocenters. The lowest BCUT2D eigenvalue weighted by atomic mass is 10.2. The van der Waals surface area contributed by atoms with E-state index in [0.29, 0.717) is 28.9 Å². The van der Waals surface area contributed by atoms with Crippen LogP contribution in [0.4, 0.5) is 0 Å².